The van der Waals surface area contributed by atoms with E-state index < -0.39 is 34.2 Å². The zero-order valence-corrected chi connectivity index (χ0v) is 19.2. The highest BCUT2D eigenvalue weighted by molar-refractivity contribution is 5.56. The molecule has 0 aliphatic heterocycles. The van der Waals surface area contributed by atoms with Crippen molar-refractivity contribution >= 4 is 11.6 Å². The van der Waals surface area contributed by atoms with Gasteiger partial charge < -0.3 is 11.5 Å². The molecule has 0 spiro atoms. The number of nitrogens with two attached hydrogens (primary N) is 2. The summed E-state index contributed by atoms with van der Waals surface area (Å²) in [7, 11) is 0. The fourth-order valence-corrected chi connectivity index (χ4v) is 3.97. The summed E-state index contributed by atoms with van der Waals surface area (Å²) in [6.07, 6.45) is 2.53. The molecular weight excluding hydrogens is 443 g/mol. The molecule has 2 heterocycles. The Morgan fingerprint density at radius 3 is 1.68 bits per heavy atom. The van der Waals surface area contributed by atoms with Gasteiger partial charge in [0, 0.05) is 18.7 Å². The highest BCUT2D eigenvalue weighted by Gasteiger charge is 2.32. The Labute approximate surface area is 194 Å². The summed E-state index contributed by atoms with van der Waals surface area (Å²) in [6, 6.07) is 5.58. The first-order valence-corrected chi connectivity index (χ1v) is 11.2. The molecule has 11 heteroatoms. The van der Waals surface area contributed by atoms with Crippen molar-refractivity contribution in [3.8, 4) is 0 Å². The summed E-state index contributed by atoms with van der Waals surface area (Å²) in [5, 5.41) is 0. The van der Waals surface area contributed by atoms with Gasteiger partial charge in [-0.3, -0.25) is 28.7 Å². The highest BCUT2D eigenvalue weighted by atomic mass is 19.1. The maximum Gasteiger partial charge on any atom is 0.329 e. The molecule has 0 saturated heterocycles. The first kappa shape index (κ1) is 24.7. The van der Waals surface area contributed by atoms with Crippen LogP contribution in [-0.2, 0) is 13.1 Å². The third-order valence-corrected chi connectivity index (χ3v) is 5.77. The Balaban J connectivity index is 2.44. The second-order valence-electron chi connectivity index (χ2n) is 8.09. The molecule has 6 N–H and O–H groups in total. The summed E-state index contributed by atoms with van der Waals surface area (Å²) >= 11 is 0. The number of nitrogens with one attached hydrogen (secondary N) is 2. The second-order valence-corrected chi connectivity index (χ2v) is 8.09. The third-order valence-electron chi connectivity index (χ3n) is 5.77. The molecule has 0 unspecified atom stereocenters. The Morgan fingerprint density at radius 2 is 1.26 bits per heavy atom. The molecule has 2 aromatic heterocycles. The van der Waals surface area contributed by atoms with Gasteiger partial charge in [0.25, 0.3) is 11.1 Å². The van der Waals surface area contributed by atoms with Gasteiger partial charge in [-0.25, -0.2) is 14.0 Å². The molecule has 0 aliphatic rings. The summed E-state index contributed by atoms with van der Waals surface area (Å²) in [6.45, 7) is 4.03. The van der Waals surface area contributed by atoms with E-state index in [1.165, 1.54) is 18.2 Å². The summed E-state index contributed by atoms with van der Waals surface area (Å²) in [5.74, 6) is -2.68. The minimum absolute atomic E-state index is 0.0433. The lowest BCUT2D eigenvalue weighted by Crippen LogP contribution is -2.42. The number of halogens is 1. The Hall–Kier alpha value is -3.89. The number of hydrogen-bond donors (Lipinski definition) is 4. The summed E-state index contributed by atoms with van der Waals surface area (Å²) < 4.78 is 17.0. The topological polar surface area (TPSA) is 162 Å². The monoisotopic (exact) mass is 472 g/mol. The average molecular weight is 473 g/mol. The van der Waals surface area contributed by atoms with Crippen LogP contribution in [0.5, 0.6) is 0 Å². The van der Waals surface area contributed by atoms with Crippen LogP contribution in [-0.4, -0.2) is 19.1 Å². The molecule has 182 valence electrons. The van der Waals surface area contributed by atoms with Crippen molar-refractivity contribution in [1.29, 1.82) is 0 Å². The van der Waals surface area contributed by atoms with Crippen molar-refractivity contribution in [2.75, 3.05) is 11.5 Å². The summed E-state index contributed by atoms with van der Waals surface area (Å²) in [4.78, 5) is 56.7. The van der Waals surface area contributed by atoms with Crippen LogP contribution in [0.15, 0.2) is 43.4 Å². The van der Waals surface area contributed by atoms with Crippen LogP contribution in [0.4, 0.5) is 16.0 Å². The molecule has 0 saturated carbocycles. The van der Waals surface area contributed by atoms with Crippen LogP contribution in [0.2, 0.25) is 0 Å². The van der Waals surface area contributed by atoms with Crippen molar-refractivity contribution in [1.82, 2.24) is 19.1 Å². The molecule has 0 radical (unpaired) electrons. The molecular formula is C23H29FN6O4. The number of nitrogen functional groups attached to an aromatic ring is 2. The minimum Gasteiger partial charge on any atom is -0.385 e. The van der Waals surface area contributed by atoms with Gasteiger partial charge in [0.15, 0.2) is 0 Å². The SMILES string of the molecule is CCCCn1c(=O)[nH]c(N)c(C(c2ccccc2F)c2c(N)[nH]c(=O)n(CCCC)c2=O)c1=O. The zero-order valence-electron chi connectivity index (χ0n) is 19.2. The number of rotatable bonds is 9. The van der Waals surface area contributed by atoms with E-state index in [1.54, 1.807) is 6.07 Å². The summed E-state index contributed by atoms with van der Waals surface area (Å²) in [5.41, 5.74) is 8.80. The molecule has 0 amide bonds. The van der Waals surface area contributed by atoms with Gasteiger partial charge in [-0.15, -0.1) is 0 Å². The molecule has 34 heavy (non-hydrogen) atoms. The fourth-order valence-electron chi connectivity index (χ4n) is 3.97. The van der Waals surface area contributed by atoms with E-state index in [4.69, 9.17) is 11.5 Å². The lowest BCUT2D eigenvalue weighted by atomic mass is 9.86. The number of benzene rings is 1. The van der Waals surface area contributed by atoms with E-state index in [2.05, 4.69) is 9.97 Å². The van der Waals surface area contributed by atoms with E-state index in [0.717, 1.165) is 22.0 Å². The molecule has 1 aromatic carbocycles. The predicted molar refractivity (Wildman–Crippen MR) is 129 cm³/mol. The number of unbranched alkanes of at least 4 members (excludes halogenated alkanes) is 2. The van der Waals surface area contributed by atoms with E-state index in [0.29, 0.717) is 12.8 Å². The highest BCUT2D eigenvalue weighted by Crippen LogP contribution is 2.33. The normalized spacial score (nSPS) is 11.3. The fraction of sp³-hybridized carbons (Fsp3) is 0.391. The van der Waals surface area contributed by atoms with Gasteiger partial charge in [0.2, 0.25) is 0 Å². The van der Waals surface area contributed by atoms with Crippen LogP contribution in [0.3, 0.4) is 0 Å². The van der Waals surface area contributed by atoms with Crippen LogP contribution < -0.4 is 34.0 Å². The Morgan fingerprint density at radius 1 is 0.824 bits per heavy atom. The number of H-pyrrole nitrogens is 2. The maximum atomic E-state index is 15.1. The first-order valence-electron chi connectivity index (χ1n) is 11.2. The molecule has 10 nitrogen and oxygen atoms in total. The van der Waals surface area contributed by atoms with Gasteiger partial charge in [0.05, 0.1) is 17.0 Å². The quantitative estimate of drug-likeness (QED) is 0.369. The minimum atomic E-state index is -1.37. The third kappa shape index (κ3) is 4.59. The number of aromatic nitrogens is 4. The van der Waals surface area contributed by atoms with Crippen molar-refractivity contribution in [2.45, 2.75) is 58.5 Å². The first-order chi connectivity index (χ1) is 16.2. The van der Waals surface area contributed by atoms with Crippen molar-refractivity contribution in [3.63, 3.8) is 0 Å². The standard InChI is InChI=1S/C23H29FN6O4/c1-3-5-11-29-20(31)16(18(25)27-22(29)33)15(13-9-7-8-10-14(13)24)17-19(26)28-23(34)30(21(17)32)12-6-4-2/h7-10,15H,3-6,11-12,25-26H2,1-2H3,(H,27,33)(H,28,34). The molecule has 3 aromatic rings. The van der Waals surface area contributed by atoms with Crippen molar-refractivity contribution in [3.05, 3.63) is 88.4 Å². The number of anilines is 2. The van der Waals surface area contributed by atoms with Crippen LogP contribution in [0.25, 0.3) is 0 Å². The smallest absolute Gasteiger partial charge is 0.329 e. The lowest BCUT2D eigenvalue weighted by Gasteiger charge is -2.22. The zero-order chi connectivity index (χ0) is 25.0. The van der Waals surface area contributed by atoms with E-state index in [1.807, 2.05) is 13.8 Å². The predicted octanol–water partition coefficient (Wildman–Crippen LogP) is 1.47. The van der Waals surface area contributed by atoms with Crippen LogP contribution in [0.1, 0.15) is 62.1 Å². The average Bonchev–Trinajstić information content (AvgIpc) is 2.78. The Kier molecular flexibility index (Phi) is 7.54. The molecule has 0 atom stereocenters. The lowest BCUT2D eigenvalue weighted by molar-refractivity contribution is 0.563. The van der Waals surface area contributed by atoms with E-state index in [9.17, 15) is 19.2 Å². The van der Waals surface area contributed by atoms with Crippen LogP contribution in [0, 0.1) is 5.82 Å². The van der Waals surface area contributed by atoms with Gasteiger partial charge in [-0.05, 0) is 18.9 Å². The van der Waals surface area contributed by atoms with Crippen molar-refractivity contribution in [2.24, 2.45) is 0 Å². The van der Waals surface area contributed by atoms with Crippen molar-refractivity contribution < 1.29 is 4.39 Å². The molecule has 3 rings (SSSR count). The molecule has 0 aliphatic carbocycles. The largest absolute Gasteiger partial charge is 0.385 e. The van der Waals surface area contributed by atoms with Gasteiger partial charge in [-0.2, -0.15) is 0 Å². The van der Waals surface area contributed by atoms with Gasteiger partial charge in [0.1, 0.15) is 17.5 Å². The van der Waals surface area contributed by atoms with Gasteiger partial charge >= 0.3 is 11.4 Å². The molecule has 0 fully saturated rings. The second kappa shape index (κ2) is 10.4. The number of hydrogen-bond acceptors (Lipinski definition) is 6. The van der Waals surface area contributed by atoms with E-state index in [-0.39, 0.29) is 41.4 Å². The van der Waals surface area contributed by atoms with Gasteiger partial charge in [-0.1, -0.05) is 44.9 Å². The maximum absolute atomic E-state index is 15.1. The molecule has 0 bridgehead atoms. The van der Waals surface area contributed by atoms with E-state index >= 15 is 4.39 Å². The number of nitrogens with zero attached hydrogens (tertiary/aromatic N) is 2. The Bertz CT molecular complexity index is 1330. The number of aromatic amines is 2. The van der Waals surface area contributed by atoms with Crippen LogP contribution >= 0.6 is 0 Å².